The van der Waals surface area contributed by atoms with Gasteiger partial charge in [-0.2, -0.15) is 0 Å². The maximum absolute atomic E-state index is 12.1. The number of rotatable bonds is 5. The van der Waals surface area contributed by atoms with Gasteiger partial charge in [-0.15, -0.1) is 0 Å². The molecule has 0 saturated carbocycles. The van der Waals surface area contributed by atoms with E-state index in [1.807, 2.05) is 13.8 Å². The number of hydrogen-bond acceptors (Lipinski definition) is 4. The van der Waals surface area contributed by atoms with E-state index in [1.165, 1.54) is 0 Å². The number of nitrogens with zero attached hydrogens (tertiary/aromatic N) is 2. The molecule has 6 heteroatoms. The summed E-state index contributed by atoms with van der Waals surface area (Å²) in [4.78, 5) is 18.1. The molecule has 118 valence electrons. The van der Waals surface area contributed by atoms with Crippen molar-refractivity contribution >= 4 is 6.03 Å². The monoisotopic (exact) mass is 295 g/mol. The third-order valence-electron chi connectivity index (χ3n) is 3.56. The van der Waals surface area contributed by atoms with Gasteiger partial charge in [0.05, 0.1) is 18.3 Å². The van der Waals surface area contributed by atoms with Gasteiger partial charge in [0.25, 0.3) is 0 Å². The van der Waals surface area contributed by atoms with Crippen molar-refractivity contribution in [1.29, 1.82) is 0 Å². The summed E-state index contributed by atoms with van der Waals surface area (Å²) in [6.45, 7) is 10.5. The van der Waals surface area contributed by atoms with Gasteiger partial charge in [0.15, 0.2) is 0 Å². The summed E-state index contributed by atoms with van der Waals surface area (Å²) in [5.74, 6) is 1.86. The van der Waals surface area contributed by atoms with Crippen LogP contribution in [0.4, 0.5) is 4.79 Å². The first-order valence-electron chi connectivity index (χ1n) is 7.53. The highest BCUT2D eigenvalue weighted by Crippen LogP contribution is 2.14. The lowest BCUT2D eigenvalue weighted by Gasteiger charge is -2.17. The smallest absolute Gasteiger partial charge is 0.317 e. The second kappa shape index (κ2) is 6.93. The lowest BCUT2D eigenvalue weighted by Crippen LogP contribution is -2.38. The van der Waals surface area contributed by atoms with E-state index < -0.39 is 0 Å². The molecule has 0 spiro atoms. The third-order valence-corrected chi connectivity index (χ3v) is 3.56. The van der Waals surface area contributed by atoms with Crippen LogP contribution in [0.3, 0.4) is 0 Å². The van der Waals surface area contributed by atoms with Gasteiger partial charge < -0.3 is 19.4 Å². The summed E-state index contributed by atoms with van der Waals surface area (Å²) < 4.78 is 11.2. The van der Waals surface area contributed by atoms with E-state index in [0.717, 1.165) is 31.0 Å². The minimum absolute atomic E-state index is 0.0841. The number of aromatic nitrogens is 1. The van der Waals surface area contributed by atoms with Crippen LogP contribution < -0.4 is 5.32 Å². The fourth-order valence-electron chi connectivity index (χ4n) is 2.26. The number of oxazole rings is 1. The van der Waals surface area contributed by atoms with Gasteiger partial charge in [-0.05, 0) is 26.2 Å². The molecule has 2 rings (SSSR count). The molecular weight excluding hydrogens is 270 g/mol. The summed E-state index contributed by atoms with van der Waals surface area (Å²) in [5.41, 5.74) is 0.863. The number of ether oxygens (including phenoxy) is 1. The first kappa shape index (κ1) is 15.8. The topological polar surface area (TPSA) is 67.6 Å². The van der Waals surface area contributed by atoms with Crippen LogP contribution in [0.2, 0.25) is 0 Å². The molecule has 1 saturated heterocycles. The SMILES string of the molecule is Cc1nc(CNC(=O)N2CC[C@@H](OCC(C)C)C2)oc1C. The van der Waals surface area contributed by atoms with Crippen LogP contribution >= 0.6 is 0 Å². The maximum Gasteiger partial charge on any atom is 0.317 e. The molecule has 1 aromatic rings. The number of urea groups is 1. The van der Waals surface area contributed by atoms with E-state index in [2.05, 4.69) is 24.1 Å². The molecule has 0 unspecified atom stereocenters. The lowest BCUT2D eigenvalue weighted by molar-refractivity contribution is 0.0436. The standard InChI is InChI=1S/C15H25N3O3/c1-10(2)9-20-13-5-6-18(8-13)15(19)16-7-14-17-11(3)12(4)21-14/h10,13H,5-9H2,1-4H3,(H,16,19)/t13-/m1/s1. The highest BCUT2D eigenvalue weighted by atomic mass is 16.5. The number of carbonyl (C=O) groups excluding carboxylic acids is 1. The number of amides is 2. The molecule has 1 aliphatic heterocycles. The van der Waals surface area contributed by atoms with Gasteiger partial charge in [-0.1, -0.05) is 13.8 Å². The van der Waals surface area contributed by atoms with Crippen molar-refractivity contribution in [2.45, 2.75) is 46.8 Å². The van der Waals surface area contributed by atoms with Crippen LogP contribution in [0.1, 0.15) is 37.6 Å². The highest BCUT2D eigenvalue weighted by molar-refractivity contribution is 5.74. The number of nitrogens with one attached hydrogen (secondary N) is 1. The Morgan fingerprint density at radius 2 is 2.29 bits per heavy atom. The van der Waals surface area contributed by atoms with E-state index >= 15 is 0 Å². The van der Waals surface area contributed by atoms with Gasteiger partial charge in [0.2, 0.25) is 5.89 Å². The van der Waals surface area contributed by atoms with Gasteiger partial charge >= 0.3 is 6.03 Å². The van der Waals surface area contributed by atoms with Gasteiger partial charge in [-0.25, -0.2) is 9.78 Å². The van der Waals surface area contributed by atoms with Crippen LogP contribution in [0.5, 0.6) is 0 Å². The molecule has 1 atom stereocenters. The van der Waals surface area contributed by atoms with Crippen molar-refractivity contribution in [3.05, 3.63) is 17.3 Å². The zero-order valence-electron chi connectivity index (χ0n) is 13.3. The van der Waals surface area contributed by atoms with Crippen molar-refractivity contribution in [3.63, 3.8) is 0 Å². The first-order chi connectivity index (χ1) is 9.95. The van der Waals surface area contributed by atoms with E-state index in [1.54, 1.807) is 4.90 Å². The Morgan fingerprint density at radius 3 is 2.90 bits per heavy atom. The predicted molar refractivity (Wildman–Crippen MR) is 79.0 cm³/mol. The average molecular weight is 295 g/mol. The Morgan fingerprint density at radius 1 is 1.52 bits per heavy atom. The van der Waals surface area contributed by atoms with Crippen LogP contribution in [0.15, 0.2) is 4.42 Å². The molecule has 2 amide bonds. The zero-order valence-corrected chi connectivity index (χ0v) is 13.3. The van der Waals surface area contributed by atoms with Gasteiger partial charge in [-0.3, -0.25) is 0 Å². The normalized spacial score (nSPS) is 18.5. The predicted octanol–water partition coefficient (Wildman–Crippen LogP) is 2.25. The van der Waals surface area contributed by atoms with Crippen molar-refractivity contribution < 1.29 is 13.9 Å². The summed E-state index contributed by atoms with van der Waals surface area (Å²) >= 11 is 0. The molecule has 1 aliphatic rings. The first-order valence-corrected chi connectivity index (χ1v) is 7.53. The van der Waals surface area contributed by atoms with Crippen LogP contribution in [0, 0.1) is 19.8 Å². The Balaban J connectivity index is 1.74. The van der Waals surface area contributed by atoms with E-state index in [-0.39, 0.29) is 12.1 Å². The van der Waals surface area contributed by atoms with Crippen molar-refractivity contribution in [3.8, 4) is 0 Å². The molecular formula is C15H25N3O3. The summed E-state index contributed by atoms with van der Waals surface area (Å²) in [5, 5.41) is 2.84. The van der Waals surface area contributed by atoms with Crippen molar-refractivity contribution in [2.24, 2.45) is 5.92 Å². The lowest BCUT2D eigenvalue weighted by atomic mass is 10.2. The summed E-state index contributed by atoms with van der Waals surface area (Å²) in [6, 6.07) is -0.0841. The average Bonchev–Trinajstić information content (AvgIpc) is 3.02. The summed E-state index contributed by atoms with van der Waals surface area (Å²) in [6.07, 6.45) is 1.06. The largest absolute Gasteiger partial charge is 0.444 e. The molecule has 0 radical (unpaired) electrons. The molecule has 1 fully saturated rings. The fraction of sp³-hybridized carbons (Fsp3) is 0.733. The van der Waals surface area contributed by atoms with Crippen molar-refractivity contribution in [1.82, 2.24) is 15.2 Å². The van der Waals surface area contributed by atoms with Crippen LogP contribution in [0.25, 0.3) is 0 Å². The second-order valence-corrected chi connectivity index (χ2v) is 5.99. The van der Waals surface area contributed by atoms with E-state index in [4.69, 9.17) is 9.15 Å². The Kier molecular flexibility index (Phi) is 5.22. The van der Waals surface area contributed by atoms with Crippen molar-refractivity contribution in [2.75, 3.05) is 19.7 Å². The quantitative estimate of drug-likeness (QED) is 0.904. The third kappa shape index (κ3) is 4.46. The minimum Gasteiger partial charge on any atom is -0.444 e. The molecule has 0 aliphatic carbocycles. The highest BCUT2D eigenvalue weighted by Gasteiger charge is 2.27. The van der Waals surface area contributed by atoms with E-state index in [0.29, 0.717) is 24.9 Å². The molecule has 0 bridgehead atoms. The van der Waals surface area contributed by atoms with Crippen LogP contribution in [-0.2, 0) is 11.3 Å². The molecule has 0 aromatic carbocycles. The second-order valence-electron chi connectivity index (χ2n) is 5.99. The molecule has 21 heavy (non-hydrogen) atoms. The molecule has 1 aromatic heterocycles. The Labute approximate surface area is 125 Å². The number of hydrogen-bond donors (Lipinski definition) is 1. The number of likely N-dealkylation sites (tertiary alicyclic amines) is 1. The van der Waals surface area contributed by atoms with Crippen LogP contribution in [-0.4, -0.2) is 41.7 Å². The number of carbonyl (C=O) groups is 1. The molecule has 2 heterocycles. The maximum atomic E-state index is 12.1. The molecule has 1 N–H and O–H groups in total. The van der Waals surface area contributed by atoms with E-state index in [9.17, 15) is 4.79 Å². The minimum atomic E-state index is -0.0841. The summed E-state index contributed by atoms with van der Waals surface area (Å²) in [7, 11) is 0. The van der Waals surface area contributed by atoms with Gasteiger partial charge in [0.1, 0.15) is 5.76 Å². The zero-order chi connectivity index (χ0) is 15.4. The van der Waals surface area contributed by atoms with Gasteiger partial charge in [0, 0.05) is 19.7 Å². The Hall–Kier alpha value is -1.56. The Bertz CT molecular complexity index is 465. The molecule has 6 nitrogen and oxygen atoms in total. The number of aryl methyl sites for hydroxylation is 2. The fourth-order valence-corrected chi connectivity index (χ4v) is 2.26.